The standard InChI is InChI=1S/C17H19N3O/c1-18-16-11-6-9-14(19-16)17(21)20-12-5-4-8-13-7-2-3-10-15(13)20/h2-3,6-7,9-11H,4-5,8,12H2,1H3,(H,18,19). The molecule has 21 heavy (non-hydrogen) atoms. The molecule has 0 saturated carbocycles. The second-order valence-electron chi connectivity index (χ2n) is 5.20. The molecule has 3 rings (SSSR count). The van der Waals surface area contributed by atoms with Crippen LogP contribution in [0.5, 0.6) is 0 Å². The topological polar surface area (TPSA) is 45.2 Å². The highest BCUT2D eigenvalue weighted by atomic mass is 16.2. The summed E-state index contributed by atoms with van der Waals surface area (Å²) in [6.07, 6.45) is 3.17. The summed E-state index contributed by atoms with van der Waals surface area (Å²) in [4.78, 5) is 19.1. The van der Waals surface area contributed by atoms with Crippen LogP contribution in [-0.2, 0) is 6.42 Å². The highest BCUT2D eigenvalue weighted by molar-refractivity contribution is 6.05. The Morgan fingerprint density at radius 2 is 2.00 bits per heavy atom. The van der Waals surface area contributed by atoms with E-state index in [9.17, 15) is 4.79 Å². The van der Waals surface area contributed by atoms with Crippen LogP contribution in [0.25, 0.3) is 0 Å². The summed E-state index contributed by atoms with van der Waals surface area (Å²) < 4.78 is 0. The van der Waals surface area contributed by atoms with Crippen LogP contribution in [0, 0.1) is 0 Å². The number of aryl methyl sites for hydroxylation is 1. The van der Waals surface area contributed by atoms with E-state index in [4.69, 9.17) is 0 Å². The number of carbonyl (C=O) groups is 1. The number of aromatic nitrogens is 1. The van der Waals surface area contributed by atoms with Crippen molar-refractivity contribution >= 4 is 17.4 Å². The van der Waals surface area contributed by atoms with E-state index in [0.29, 0.717) is 11.5 Å². The summed E-state index contributed by atoms with van der Waals surface area (Å²) in [6, 6.07) is 13.6. The summed E-state index contributed by atoms with van der Waals surface area (Å²) in [5.41, 5.74) is 2.75. The minimum Gasteiger partial charge on any atom is -0.373 e. The van der Waals surface area contributed by atoms with Crippen molar-refractivity contribution in [2.75, 3.05) is 23.8 Å². The van der Waals surface area contributed by atoms with Gasteiger partial charge in [-0.2, -0.15) is 0 Å². The highest BCUT2D eigenvalue weighted by Gasteiger charge is 2.22. The molecule has 0 fully saturated rings. The van der Waals surface area contributed by atoms with Crippen LogP contribution in [0.4, 0.5) is 11.5 Å². The second-order valence-corrected chi connectivity index (χ2v) is 5.20. The van der Waals surface area contributed by atoms with Crippen LogP contribution in [0.15, 0.2) is 42.5 Å². The lowest BCUT2D eigenvalue weighted by atomic mass is 10.1. The van der Waals surface area contributed by atoms with Crippen molar-refractivity contribution in [3.8, 4) is 0 Å². The van der Waals surface area contributed by atoms with Crippen molar-refractivity contribution in [2.24, 2.45) is 0 Å². The zero-order valence-electron chi connectivity index (χ0n) is 12.2. The summed E-state index contributed by atoms with van der Waals surface area (Å²) in [6.45, 7) is 0.751. The summed E-state index contributed by atoms with van der Waals surface area (Å²) >= 11 is 0. The molecule has 1 amide bonds. The Morgan fingerprint density at radius 3 is 2.86 bits per heavy atom. The molecule has 108 valence electrons. The number of benzene rings is 1. The third-order valence-corrected chi connectivity index (χ3v) is 3.83. The number of carbonyl (C=O) groups excluding carboxylic acids is 1. The van der Waals surface area contributed by atoms with Gasteiger partial charge in [-0.3, -0.25) is 4.79 Å². The molecule has 0 unspecified atom stereocenters. The quantitative estimate of drug-likeness (QED) is 0.920. The molecule has 4 nitrogen and oxygen atoms in total. The van der Waals surface area contributed by atoms with Gasteiger partial charge in [0.1, 0.15) is 11.5 Å². The van der Waals surface area contributed by atoms with Gasteiger partial charge in [0.2, 0.25) is 0 Å². The number of fused-ring (bicyclic) bond motifs is 1. The van der Waals surface area contributed by atoms with Crippen molar-refractivity contribution in [1.29, 1.82) is 0 Å². The monoisotopic (exact) mass is 281 g/mol. The van der Waals surface area contributed by atoms with E-state index in [-0.39, 0.29) is 5.91 Å². The molecule has 0 spiro atoms. The average molecular weight is 281 g/mol. The fraction of sp³-hybridized carbons (Fsp3) is 0.294. The van der Waals surface area contributed by atoms with Gasteiger partial charge in [-0.25, -0.2) is 4.98 Å². The molecular formula is C17H19N3O. The minimum absolute atomic E-state index is 0.0264. The Kier molecular flexibility index (Phi) is 3.86. The molecule has 1 aliphatic heterocycles. The zero-order chi connectivity index (χ0) is 14.7. The number of amides is 1. The first kappa shape index (κ1) is 13.6. The van der Waals surface area contributed by atoms with Crippen molar-refractivity contribution in [2.45, 2.75) is 19.3 Å². The van der Waals surface area contributed by atoms with Crippen LogP contribution in [0.1, 0.15) is 28.9 Å². The van der Waals surface area contributed by atoms with Crippen molar-refractivity contribution < 1.29 is 4.79 Å². The lowest BCUT2D eigenvalue weighted by molar-refractivity contribution is 0.0982. The Labute approximate surface area is 124 Å². The summed E-state index contributed by atoms with van der Waals surface area (Å²) in [5.74, 6) is 0.686. The second kappa shape index (κ2) is 5.95. The van der Waals surface area contributed by atoms with Crippen molar-refractivity contribution in [3.05, 3.63) is 53.7 Å². The molecule has 0 atom stereocenters. The van der Waals surface area contributed by atoms with E-state index >= 15 is 0 Å². The van der Waals surface area contributed by atoms with E-state index in [1.54, 1.807) is 13.1 Å². The third kappa shape index (κ3) is 2.75. The van der Waals surface area contributed by atoms with E-state index in [2.05, 4.69) is 16.4 Å². The molecule has 0 radical (unpaired) electrons. The number of hydrogen-bond acceptors (Lipinski definition) is 3. The smallest absolute Gasteiger partial charge is 0.276 e. The Balaban J connectivity index is 1.97. The van der Waals surface area contributed by atoms with Gasteiger partial charge in [0.25, 0.3) is 5.91 Å². The van der Waals surface area contributed by atoms with E-state index < -0.39 is 0 Å². The number of pyridine rings is 1. The predicted octanol–water partition coefficient (Wildman–Crippen LogP) is 3.11. The maximum absolute atomic E-state index is 12.8. The molecular weight excluding hydrogens is 262 g/mol. The van der Waals surface area contributed by atoms with Gasteiger partial charge in [-0.15, -0.1) is 0 Å². The molecule has 0 aliphatic carbocycles. The van der Waals surface area contributed by atoms with Crippen LogP contribution in [-0.4, -0.2) is 24.5 Å². The van der Waals surface area contributed by atoms with E-state index in [1.807, 2.05) is 35.2 Å². The van der Waals surface area contributed by atoms with Gasteiger partial charge in [0.15, 0.2) is 0 Å². The van der Waals surface area contributed by atoms with Gasteiger partial charge in [-0.05, 0) is 43.0 Å². The maximum Gasteiger partial charge on any atom is 0.276 e. The number of para-hydroxylation sites is 1. The van der Waals surface area contributed by atoms with Crippen molar-refractivity contribution in [1.82, 2.24) is 4.98 Å². The molecule has 4 heteroatoms. The Morgan fingerprint density at radius 1 is 1.14 bits per heavy atom. The first-order valence-corrected chi connectivity index (χ1v) is 7.34. The van der Waals surface area contributed by atoms with E-state index in [1.165, 1.54) is 5.56 Å². The number of hydrogen-bond donors (Lipinski definition) is 1. The molecule has 0 saturated heterocycles. The predicted molar refractivity (Wildman–Crippen MR) is 84.8 cm³/mol. The van der Waals surface area contributed by atoms with Gasteiger partial charge >= 0.3 is 0 Å². The van der Waals surface area contributed by atoms with Gasteiger partial charge in [0.05, 0.1) is 0 Å². The normalized spacial score (nSPS) is 14.2. The number of anilines is 2. The highest BCUT2D eigenvalue weighted by Crippen LogP contribution is 2.27. The lowest BCUT2D eigenvalue weighted by Gasteiger charge is -2.22. The zero-order valence-corrected chi connectivity index (χ0v) is 12.2. The molecule has 2 heterocycles. The number of nitrogens with zero attached hydrogens (tertiary/aromatic N) is 2. The fourth-order valence-corrected chi connectivity index (χ4v) is 2.73. The molecule has 1 aliphatic rings. The largest absolute Gasteiger partial charge is 0.373 e. The Bertz CT molecular complexity index is 654. The first-order chi connectivity index (χ1) is 10.3. The van der Waals surface area contributed by atoms with Gasteiger partial charge in [0, 0.05) is 19.3 Å². The molecule has 1 N–H and O–H groups in total. The van der Waals surface area contributed by atoms with Crippen LogP contribution >= 0.6 is 0 Å². The minimum atomic E-state index is -0.0264. The maximum atomic E-state index is 12.8. The van der Waals surface area contributed by atoms with Crippen molar-refractivity contribution in [3.63, 3.8) is 0 Å². The fourth-order valence-electron chi connectivity index (χ4n) is 2.73. The number of rotatable bonds is 2. The van der Waals surface area contributed by atoms with Crippen LogP contribution in [0.3, 0.4) is 0 Å². The van der Waals surface area contributed by atoms with Crippen LogP contribution < -0.4 is 10.2 Å². The lowest BCUT2D eigenvalue weighted by Crippen LogP contribution is -2.32. The number of nitrogens with one attached hydrogen (secondary N) is 1. The van der Waals surface area contributed by atoms with Crippen LogP contribution in [0.2, 0.25) is 0 Å². The van der Waals surface area contributed by atoms with Gasteiger partial charge < -0.3 is 10.2 Å². The molecule has 0 bridgehead atoms. The first-order valence-electron chi connectivity index (χ1n) is 7.34. The summed E-state index contributed by atoms with van der Waals surface area (Å²) in [5, 5.41) is 2.97. The van der Waals surface area contributed by atoms with E-state index in [0.717, 1.165) is 31.5 Å². The average Bonchev–Trinajstić information content (AvgIpc) is 2.76. The molecule has 2 aromatic rings. The van der Waals surface area contributed by atoms with Gasteiger partial charge in [-0.1, -0.05) is 24.3 Å². The third-order valence-electron chi connectivity index (χ3n) is 3.83. The molecule has 1 aromatic heterocycles. The Hall–Kier alpha value is -2.36. The molecule has 1 aromatic carbocycles. The summed E-state index contributed by atoms with van der Waals surface area (Å²) in [7, 11) is 1.80. The SMILES string of the molecule is CNc1cccc(C(=O)N2CCCCc3ccccc32)n1.